The highest BCUT2D eigenvalue weighted by molar-refractivity contribution is 6.05. The van der Waals surface area contributed by atoms with Crippen LogP contribution < -0.4 is 9.80 Å². The lowest BCUT2D eigenvalue weighted by Gasteiger charge is -2.24. The summed E-state index contributed by atoms with van der Waals surface area (Å²) < 4.78 is 9.75. The highest BCUT2D eigenvalue weighted by atomic mass is 16.6. The van der Waals surface area contributed by atoms with Crippen LogP contribution in [0.15, 0.2) is 54.6 Å². The van der Waals surface area contributed by atoms with E-state index >= 15 is 0 Å². The summed E-state index contributed by atoms with van der Waals surface area (Å²) >= 11 is 0. The van der Waals surface area contributed by atoms with Crippen LogP contribution in [-0.4, -0.2) is 32.6 Å². The maximum Gasteiger partial charge on any atom is 0.416 e. The third-order valence-electron chi connectivity index (χ3n) is 3.75. The number of carbonyl (C=O) groups is 2. The van der Waals surface area contributed by atoms with Gasteiger partial charge in [-0.25, -0.2) is 19.4 Å². The molecule has 0 aliphatic carbocycles. The maximum atomic E-state index is 12.3. The number of nitrogens with zero attached hydrogens (tertiary/aromatic N) is 2. The number of methoxy groups -OCH3 is 2. The van der Waals surface area contributed by atoms with Crippen LogP contribution in [0, 0.1) is 11.8 Å². The molecular weight excluding hydrogens is 320 g/mol. The molecule has 25 heavy (non-hydrogen) atoms. The molecule has 0 saturated heterocycles. The molecule has 0 N–H and O–H groups in total. The Hall–Kier alpha value is -3.46. The van der Waals surface area contributed by atoms with Crippen LogP contribution in [0.1, 0.15) is 5.56 Å². The van der Waals surface area contributed by atoms with Crippen LogP contribution in [0.25, 0.3) is 0 Å². The summed E-state index contributed by atoms with van der Waals surface area (Å²) in [5.74, 6) is 5.97. The molecule has 0 spiro atoms. The zero-order valence-electron chi connectivity index (χ0n) is 13.8. The Labute approximate surface area is 145 Å². The Kier molecular flexibility index (Phi) is 4.57. The lowest BCUT2D eigenvalue weighted by molar-refractivity contribution is 0.173. The fraction of sp³-hybridized carbons (Fsp3) is 0.158. The van der Waals surface area contributed by atoms with Crippen molar-refractivity contribution in [1.82, 2.24) is 0 Å². The predicted octanol–water partition coefficient (Wildman–Crippen LogP) is 3.22. The molecule has 1 heterocycles. The molecule has 0 saturated carbocycles. The molecule has 6 nitrogen and oxygen atoms in total. The van der Waals surface area contributed by atoms with Crippen molar-refractivity contribution < 1.29 is 19.1 Å². The average molecular weight is 336 g/mol. The number of amides is 2. The van der Waals surface area contributed by atoms with Gasteiger partial charge in [-0.1, -0.05) is 36.3 Å². The molecule has 0 bridgehead atoms. The molecule has 2 aromatic carbocycles. The quantitative estimate of drug-likeness (QED) is 0.693. The fourth-order valence-corrected chi connectivity index (χ4v) is 2.64. The van der Waals surface area contributed by atoms with Crippen molar-refractivity contribution in [3.05, 3.63) is 60.2 Å². The first-order valence-corrected chi connectivity index (χ1v) is 7.57. The van der Waals surface area contributed by atoms with E-state index in [1.54, 1.807) is 24.3 Å². The number of hydrogen-bond donors (Lipinski definition) is 0. The smallest absolute Gasteiger partial charge is 0.416 e. The van der Waals surface area contributed by atoms with Gasteiger partial charge in [-0.2, -0.15) is 0 Å². The normalized spacial score (nSPS) is 12.9. The fourth-order valence-electron chi connectivity index (χ4n) is 2.64. The second-order valence-corrected chi connectivity index (χ2v) is 5.18. The Morgan fingerprint density at radius 3 is 1.80 bits per heavy atom. The lowest BCUT2D eigenvalue weighted by Crippen LogP contribution is -2.48. The van der Waals surface area contributed by atoms with Gasteiger partial charge >= 0.3 is 12.2 Å². The van der Waals surface area contributed by atoms with Crippen molar-refractivity contribution in [2.24, 2.45) is 0 Å². The predicted molar refractivity (Wildman–Crippen MR) is 93.3 cm³/mol. The van der Waals surface area contributed by atoms with Gasteiger partial charge < -0.3 is 9.47 Å². The SMILES string of the molecule is COC(=O)N1c2ccccc2N(C(=O)OC)C1C#Cc1ccccc1. The standard InChI is InChI=1S/C19H16N2O4/c1-24-18(22)20-15-10-6-7-11-16(15)21(19(23)25-2)17(20)13-12-14-8-4-3-5-9-14/h3-11,17H,1-2H3. The first-order chi connectivity index (χ1) is 12.2. The zero-order chi connectivity index (χ0) is 17.8. The van der Waals surface area contributed by atoms with E-state index in [2.05, 4.69) is 11.8 Å². The van der Waals surface area contributed by atoms with Crippen molar-refractivity contribution in [1.29, 1.82) is 0 Å². The minimum Gasteiger partial charge on any atom is -0.452 e. The van der Waals surface area contributed by atoms with E-state index in [4.69, 9.17) is 9.47 Å². The van der Waals surface area contributed by atoms with Gasteiger partial charge in [0.15, 0.2) is 6.17 Å². The molecule has 0 radical (unpaired) electrons. The van der Waals surface area contributed by atoms with E-state index in [1.165, 1.54) is 24.0 Å². The van der Waals surface area contributed by atoms with Crippen LogP contribution in [0.3, 0.4) is 0 Å². The number of ether oxygens (including phenoxy) is 2. The molecular formula is C19H16N2O4. The molecule has 3 rings (SSSR count). The first-order valence-electron chi connectivity index (χ1n) is 7.57. The Morgan fingerprint density at radius 1 is 0.840 bits per heavy atom. The van der Waals surface area contributed by atoms with Crippen molar-refractivity contribution in [3.8, 4) is 11.8 Å². The van der Waals surface area contributed by atoms with Crippen molar-refractivity contribution in [2.75, 3.05) is 24.0 Å². The molecule has 1 aliphatic heterocycles. The number of carbonyl (C=O) groups excluding carboxylic acids is 2. The first kappa shape index (κ1) is 16.4. The van der Waals surface area contributed by atoms with Crippen LogP contribution in [0.4, 0.5) is 21.0 Å². The van der Waals surface area contributed by atoms with Crippen LogP contribution >= 0.6 is 0 Å². The minimum atomic E-state index is -0.863. The van der Waals surface area contributed by atoms with Crippen LogP contribution in [0.2, 0.25) is 0 Å². The Bertz CT molecular complexity index is 811. The third-order valence-corrected chi connectivity index (χ3v) is 3.75. The molecule has 0 unspecified atom stereocenters. The largest absolute Gasteiger partial charge is 0.452 e. The molecule has 1 aliphatic rings. The van der Waals surface area contributed by atoms with Crippen LogP contribution in [0.5, 0.6) is 0 Å². The zero-order valence-corrected chi connectivity index (χ0v) is 13.8. The van der Waals surface area contributed by atoms with Crippen molar-refractivity contribution in [3.63, 3.8) is 0 Å². The molecule has 0 atom stereocenters. The highest BCUT2D eigenvalue weighted by Crippen LogP contribution is 2.40. The average Bonchev–Trinajstić information content (AvgIpc) is 3.00. The number of hydrogen-bond acceptors (Lipinski definition) is 4. The second-order valence-electron chi connectivity index (χ2n) is 5.18. The number of rotatable bonds is 0. The summed E-state index contributed by atoms with van der Waals surface area (Å²) in [7, 11) is 2.57. The number of para-hydroxylation sites is 2. The molecule has 2 amide bonds. The molecule has 126 valence electrons. The van der Waals surface area contributed by atoms with E-state index in [-0.39, 0.29) is 0 Å². The summed E-state index contributed by atoms with van der Waals surface area (Å²) in [6.45, 7) is 0. The third kappa shape index (κ3) is 3.00. The topological polar surface area (TPSA) is 59.1 Å². The van der Waals surface area contributed by atoms with Gasteiger partial charge in [-0.3, -0.25) is 0 Å². The number of fused-ring (bicyclic) bond motifs is 1. The summed E-state index contributed by atoms with van der Waals surface area (Å²) in [6.07, 6.45) is -2.07. The number of anilines is 2. The van der Waals surface area contributed by atoms with E-state index in [9.17, 15) is 9.59 Å². The maximum absolute atomic E-state index is 12.3. The minimum absolute atomic E-state index is 0.534. The van der Waals surface area contributed by atoms with Gasteiger partial charge in [0.1, 0.15) is 0 Å². The molecule has 2 aromatic rings. The lowest BCUT2D eigenvalue weighted by atomic mass is 10.2. The number of benzene rings is 2. The van der Waals surface area contributed by atoms with E-state index in [1.807, 2.05) is 30.3 Å². The van der Waals surface area contributed by atoms with Gasteiger partial charge in [-0.15, -0.1) is 0 Å². The van der Waals surface area contributed by atoms with E-state index in [0.717, 1.165) is 5.56 Å². The monoisotopic (exact) mass is 336 g/mol. The van der Waals surface area contributed by atoms with Gasteiger partial charge in [0.25, 0.3) is 0 Å². The van der Waals surface area contributed by atoms with Gasteiger partial charge in [0.05, 0.1) is 25.6 Å². The summed E-state index contributed by atoms with van der Waals surface area (Å²) in [5.41, 5.74) is 1.84. The van der Waals surface area contributed by atoms with E-state index in [0.29, 0.717) is 11.4 Å². The van der Waals surface area contributed by atoms with Crippen molar-refractivity contribution in [2.45, 2.75) is 6.17 Å². The van der Waals surface area contributed by atoms with Gasteiger partial charge in [0.2, 0.25) is 0 Å². The summed E-state index contributed by atoms with van der Waals surface area (Å²) in [4.78, 5) is 27.3. The second kappa shape index (κ2) is 6.97. The Balaban J connectivity index is 2.10. The van der Waals surface area contributed by atoms with E-state index < -0.39 is 18.4 Å². The highest BCUT2D eigenvalue weighted by Gasteiger charge is 2.43. The van der Waals surface area contributed by atoms with Gasteiger partial charge in [-0.05, 0) is 30.2 Å². The molecule has 6 heteroatoms. The summed E-state index contributed by atoms with van der Waals surface area (Å²) in [6, 6.07) is 16.3. The molecule has 0 aromatic heterocycles. The summed E-state index contributed by atoms with van der Waals surface area (Å²) in [5, 5.41) is 0. The van der Waals surface area contributed by atoms with Crippen LogP contribution in [-0.2, 0) is 9.47 Å². The Morgan fingerprint density at radius 2 is 1.32 bits per heavy atom. The molecule has 0 fully saturated rings. The van der Waals surface area contributed by atoms with Crippen molar-refractivity contribution >= 4 is 23.6 Å². The van der Waals surface area contributed by atoms with Gasteiger partial charge in [0, 0.05) is 5.56 Å².